The molecule has 188 valence electrons. The molecule has 6 heteroatoms. The van der Waals surface area contributed by atoms with Gasteiger partial charge in [-0.3, -0.25) is 0 Å². The number of carbonyl (C=O) groups excluding carboxylic acids is 1. The maximum Gasteiger partial charge on any atom is 0.396 e. The number of hydrogen-bond acceptors (Lipinski definition) is 6. The molecule has 36 heavy (non-hydrogen) atoms. The Morgan fingerprint density at radius 2 is 1.53 bits per heavy atom. The summed E-state index contributed by atoms with van der Waals surface area (Å²) in [6.07, 6.45) is 7.72. The van der Waals surface area contributed by atoms with E-state index in [1.54, 1.807) is 6.92 Å². The van der Waals surface area contributed by atoms with Crippen LogP contribution in [0.15, 0.2) is 65.1 Å². The molecule has 2 saturated carbocycles. The van der Waals surface area contributed by atoms with Crippen LogP contribution in [0.25, 0.3) is 0 Å². The third-order valence-corrected chi connectivity index (χ3v) is 8.77. The van der Waals surface area contributed by atoms with Crippen molar-refractivity contribution in [2.75, 3.05) is 19.7 Å². The summed E-state index contributed by atoms with van der Waals surface area (Å²) in [5.41, 5.74) is 1.52. The van der Waals surface area contributed by atoms with Crippen molar-refractivity contribution in [2.24, 2.45) is 17.8 Å². The maximum atomic E-state index is 12.4. The average molecular weight is 486 g/mol. The molecule has 4 fully saturated rings. The Labute approximate surface area is 213 Å². The second-order valence-electron chi connectivity index (χ2n) is 10.9. The summed E-state index contributed by atoms with van der Waals surface area (Å²) in [7, 11) is 0. The molecule has 4 aliphatic rings. The van der Waals surface area contributed by atoms with Gasteiger partial charge in [0, 0.05) is 19.1 Å². The average Bonchev–Trinajstić information content (AvgIpc) is 3.32. The normalized spacial score (nSPS) is 25.6. The highest BCUT2D eigenvalue weighted by atomic mass is 16.5. The largest absolute Gasteiger partial charge is 0.459 e. The van der Waals surface area contributed by atoms with Crippen molar-refractivity contribution in [2.45, 2.75) is 56.9 Å². The van der Waals surface area contributed by atoms with Crippen LogP contribution in [0, 0.1) is 17.8 Å². The molecule has 2 aromatic carbocycles. The number of carbonyl (C=O) groups is 1. The fourth-order valence-corrected chi connectivity index (χ4v) is 7.39. The predicted octanol–water partition coefficient (Wildman–Crippen LogP) is 5.48. The van der Waals surface area contributed by atoms with Crippen LogP contribution in [-0.2, 0) is 10.2 Å². The molecule has 2 aliphatic carbocycles. The molecule has 2 saturated heterocycles. The Kier molecular flexibility index (Phi) is 6.38. The first-order valence-corrected chi connectivity index (χ1v) is 13.5. The molecule has 2 unspecified atom stereocenters. The minimum Gasteiger partial charge on any atom is -0.459 e. The van der Waals surface area contributed by atoms with Crippen molar-refractivity contribution in [3.63, 3.8) is 0 Å². The molecule has 7 rings (SSSR count). The zero-order valence-corrected chi connectivity index (χ0v) is 21.0. The van der Waals surface area contributed by atoms with Crippen LogP contribution >= 0.6 is 0 Å². The SMILES string of the molecule is CCOC(=O)c1nnc(C(CCN2CC3CC4CC(C3)CC2C4)(c2ccccc2)c2ccccc2)o1. The third kappa shape index (κ3) is 4.26. The van der Waals surface area contributed by atoms with E-state index in [2.05, 4.69) is 63.6 Å². The van der Waals surface area contributed by atoms with E-state index in [9.17, 15) is 4.79 Å². The van der Waals surface area contributed by atoms with Gasteiger partial charge in [-0.1, -0.05) is 60.7 Å². The van der Waals surface area contributed by atoms with Crippen molar-refractivity contribution >= 4 is 5.97 Å². The first-order chi connectivity index (χ1) is 17.7. The summed E-state index contributed by atoms with van der Waals surface area (Å²) in [6, 6.07) is 21.5. The minimum absolute atomic E-state index is 0.0891. The van der Waals surface area contributed by atoms with Crippen LogP contribution in [0.4, 0.5) is 0 Å². The Hall–Kier alpha value is -2.99. The molecule has 0 radical (unpaired) electrons. The van der Waals surface area contributed by atoms with E-state index in [0.29, 0.717) is 11.9 Å². The van der Waals surface area contributed by atoms with Gasteiger partial charge < -0.3 is 14.1 Å². The lowest BCUT2D eigenvalue weighted by Gasteiger charge is -2.40. The van der Waals surface area contributed by atoms with Crippen molar-refractivity contribution < 1.29 is 13.9 Å². The fraction of sp³-hybridized carbons (Fsp3) is 0.500. The number of aromatic nitrogens is 2. The predicted molar refractivity (Wildman–Crippen MR) is 137 cm³/mol. The van der Waals surface area contributed by atoms with Gasteiger partial charge in [-0.2, -0.15) is 0 Å². The van der Waals surface area contributed by atoms with E-state index in [1.165, 1.54) is 38.6 Å². The van der Waals surface area contributed by atoms with Gasteiger partial charge >= 0.3 is 11.9 Å². The molecular formula is C30H35N3O3. The van der Waals surface area contributed by atoms with Gasteiger partial charge in [0.25, 0.3) is 0 Å². The van der Waals surface area contributed by atoms with Crippen molar-refractivity contribution in [1.82, 2.24) is 15.1 Å². The Morgan fingerprint density at radius 1 is 0.917 bits per heavy atom. The van der Waals surface area contributed by atoms with Gasteiger partial charge in [-0.15, -0.1) is 10.2 Å². The van der Waals surface area contributed by atoms with Crippen LogP contribution in [0.3, 0.4) is 0 Å². The number of esters is 1. The van der Waals surface area contributed by atoms with Gasteiger partial charge in [-0.25, -0.2) is 4.79 Å². The zero-order valence-electron chi connectivity index (χ0n) is 21.0. The van der Waals surface area contributed by atoms with E-state index in [4.69, 9.17) is 9.15 Å². The monoisotopic (exact) mass is 485 g/mol. The second kappa shape index (κ2) is 9.81. The lowest BCUT2D eigenvalue weighted by molar-refractivity contribution is 0.0477. The highest BCUT2D eigenvalue weighted by Crippen LogP contribution is 2.48. The molecule has 1 aromatic heterocycles. The van der Waals surface area contributed by atoms with E-state index < -0.39 is 11.4 Å². The first kappa shape index (κ1) is 23.4. The van der Waals surface area contributed by atoms with Crippen molar-refractivity contribution in [3.8, 4) is 0 Å². The van der Waals surface area contributed by atoms with Gasteiger partial charge in [0.05, 0.1) is 12.0 Å². The van der Waals surface area contributed by atoms with Gasteiger partial charge in [0.2, 0.25) is 5.89 Å². The summed E-state index contributed by atoms with van der Waals surface area (Å²) in [6.45, 7) is 4.17. The van der Waals surface area contributed by atoms with Crippen LogP contribution in [-0.4, -0.2) is 46.8 Å². The Bertz CT molecular complexity index is 1120. The van der Waals surface area contributed by atoms with Crippen molar-refractivity contribution in [1.29, 1.82) is 0 Å². The van der Waals surface area contributed by atoms with Gasteiger partial charge in [0.1, 0.15) is 0 Å². The highest BCUT2D eigenvalue weighted by molar-refractivity contribution is 5.83. The molecule has 0 N–H and O–H groups in total. The third-order valence-electron chi connectivity index (χ3n) is 8.77. The number of rotatable bonds is 8. The second-order valence-corrected chi connectivity index (χ2v) is 10.9. The van der Waals surface area contributed by atoms with Crippen LogP contribution in [0.1, 0.15) is 73.2 Å². The van der Waals surface area contributed by atoms with E-state index >= 15 is 0 Å². The van der Waals surface area contributed by atoms with E-state index in [-0.39, 0.29) is 12.5 Å². The number of ether oxygens (including phenoxy) is 1. The Morgan fingerprint density at radius 3 is 2.14 bits per heavy atom. The molecule has 3 aromatic rings. The zero-order chi connectivity index (χ0) is 24.5. The van der Waals surface area contributed by atoms with Crippen LogP contribution < -0.4 is 0 Å². The minimum atomic E-state index is -0.663. The van der Waals surface area contributed by atoms with Gasteiger partial charge in [-0.05, 0) is 74.3 Å². The summed E-state index contributed by atoms with van der Waals surface area (Å²) in [5, 5.41) is 8.60. The molecule has 4 bridgehead atoms. The quantitative estimate of drug-likeness (QED) is 0.394. The summed E-state index contributed by atoms with van der Waals surface area (Å²) < 4.78 is 11.3. The standard InChI is InChI=1S/C30H35N3O3/c1-2-35-28(34)27-31-32-29(36-27)30(24-9-5-3-6-10-24,25-11-7-4-8-12-25)13-14-33-20-23-16-21-15-22(17-23)19-26(33)18-21/h3-12,21-23,26H,2,13-20H2,1H3. The number of nitrogens with zero attached hydrogens (tertiary/aromatic N) is 3. The molecule has 2 aliphatic heterocycles. The lowest BCUT2D eigenvalue weighted by Crippen LogP contribution is -2.42. The highest BCUT2D eigenvalue weighted by Gasteiger charge is 2.46. The summed E-state index contributed by atoms with van der Waals surface area (Å²) in [4.78, 5) is 15.2. The van der Waals surface area contributed by atoms with E-state index in [1.807, 2.05) is 12.1 Å². The summed E-state index contributed by atoms with van der Waals surface area (Å²) >= 11 is 0. The topological polar surface area (TPSA) is 68.5 Å². The smallest absolute Gasteiger partial charge is 0.396 e. The number of hydrogen-bond donors (Lipinski definition) is 0. The molecule has 2 atom stereocenters. The van der Waals surface area contributed by atoms with Crippen molar-refractivity contribution in [3.05, 3.63) is 83.6 Å². The molecule has 6 nitrogen and oxygen atoms in total. The lowest BCUT2D eigenvalue weighted by atomic mass is 9.68. The first-order valence-electron chi connectivity index (χ1n) is 13.5. The fourth-order valence-electron chi connectivity index (χ4n) is 7.39. The van der Waals surface area contributed by atoms with Crippen LogP contribution in [0.2, 0.25) is 0 Å². The molecule has 0 amide bonds. The van der Waals surface area contributed by atoms with Gasteiger partial charge in [0.15, 0.2) is 0 Å². The van der Waals surface area contributed by atoms with Crippen LogP contribution in [0.5, 0.6) is 0 Å². The Balaban J connectivity index is 1.40. The number of benzene rings is 2. The number of fused-ring (bicyclic) bond motifs is 1. The molecule has 0 spiro atoms. The molecule has 3 heterocycles. The summed E-state index contributed by atoms with van der Waals surface area (Å²) in [5.74, 6) is 2.43. The maximum absolute atomic E-state index is 12.4. The molecular weight excluding hydrogens is 450 g/mol. The van der Waals surface area contributed by atoms with E-state index in [0.717, 1.165) is 41.8 Å².